The third kappa shape index (κ3) is 23.5. The zero-order valence-electron chi connectivity index (χ0n) is 76.6. The lowest BCUT2D eigenvalue weighted by Crippen LogP contribution is -2.17. The molecule has 7 amide bonds. The Morgan fingerprint density at radius 2 is 0.662 bits per heavy atom. The normalized spacial score (nSPS) is 17.9. The van der Waals surface area contributed by atoms with Gasteiger partial charge in [-0.25, -0.2) is 72.2 Å². The van der Waals surface area contributed by atoms with Gasteiger partial charge in [0.15, 0.2) is 124 Å². The molecular weight excluding hydrogens is 2020 g/mol. The average molecular weight is 2100 g/mol. The lowest BCUT2D eigenvalue weighted by Gasteiger charge is -2.13. The second-order valence-electron chi connectivity index (χ2n) is 29.9. The summed E-state index contributed by atoms with van der Waals surface area (Å²) in [5, 5.41) is 31.2. The number of carbonyl (C=O) groups is 7. The fourth-order valence-corrected chi connectivity index (χ4v) is 19.9. The van der Waals surface area contributed by atoms with E-state index in [2.05, 4.69) is 102 Å². The maximum absolute atomic E-state index is 11.8. The van der Waals surface area contributed by atoms with Crippen molar-refractivity contribution in [2.75, 3.05) is 56.9 Å². The number of carbonyl (C=O) groups excluding carboxylic acids is 7. The molecule has 0 bridgehead atoms. The summed E-state index contributed by atoms with van der Waals surface area (Å²) in [6.45, 7) is 0. The van der Waals surface area contributed by atoms with Crippen LogP contribution in [0, 0.1) is 0 Å². The molecule has 0 saturated heterocycles. The Kier molecular flexibility index (Phi) is 31.4. The largest absolute Gasteiger partial charge is 0.497 e. The van der Waals surface area contributed by atoms with E-state index >= 15 is 0 Å². The molecule has 4 aromatic carbocycles. The maximum atomic E-state index is 11.8. The summed E-state index contributed by atoms with van der Waals surface area (Å²) < 4.78 is 149. The van der Waals surface area contributed by atoms with Crippen molar-refractivity contribution in [3.05, 3.63) is 286 Å². The predicted octanol–water partition coefficient (Wildman–Crippen LogP) is 6.68. The predicted molar refractivity (Wildman–Crippen MR) is 536 cm³/mol. The Balaban J connectivity index is 0.000000121. The van der Waals surface area contributed by atoms with E-state index in [0.29, 0.717) is 64.9 Å². The smallest absolute Gasteiger partial charge is 0.258 e. The highest BCUT2D eigenvalue weighted by Gasteiger charge is 2.31. The van der Waals surface area contributed by atoms with E-state index in [1.54, 1.807) is 164 Å². The fraction of sp³-hybridized carbons (Fsp3) is 0.0978. The Labute approximate surface area is 839 Å². The van der Waals surface area contributed by atoms with Crippen molar-refractivity contribution in [1.29, 1.82) is 0 Å². The highest BCUT2D eigenvalue weighted by molar-refractivity contribution is 7.95. The van der Waals surface area contributed by atoms with E-state index in [0.717, 1.165) is 90.2 Å². The van der Waals surface area contributed by atoms with Crippen molar-refractivity contribution in [1.82, 2.24) is 116 Å². The monoisotopic (exact) mass is 2090 g/mol. The molecule has 0 saturated carbocycles. The van der Waals surface area contributed by atoms with Gasteiger partial charge < -0.3 is 37.9 Å². The summed E-state index contributed by atoms with van der Waals surface area (Å²) in [5.41, 5.74) is 14.5. The fourth-order valence-electron chi connectivity index (χ4n) is 14.1. The van der Waals surface area contributed by atoms with Gasteiger partial charge >= 0.3 is 0 Å². The first-order valence-corrected chi connectivity index (χ1v) is 50.0. The quantitative estimate of drug-likeness (QED) is 0.0372. The molecule has 53 heteroatoms. The van der Waals surface area contributed by atoms with Crippen LogP contribution in [0.5, 0.6) is 46.3 Å². The Hall–Kier alpha value is -17.5. The summed E-state index contributed by atoms with van der Waals surface area (Å²) in [5.74, 6) is 2.01. The van der Waals surface area contributed by atoms with Crippen LogP contribution in [0.4, 0.5) is 0 Å². The molecule has 22 rings (SSSR count). The molecule has 0 radical (unpaired) electrons. The second kappa shape index (κ2) is 45.4. The van der Waals surface area contributed by atoms with Gasteiger partial charge in [-0.3, -0.25) is 71.6 Å². The van der Waals surface area contributed by atoms with Gasteiger partial charge in [-0.05, 0) is 100 Å². The lowest BCUT2D eigenvalue weighted by atomic mass is 10.1. The highest BCUT2D eigenvalue weighted by Crippen LogP contribution is 2.42. The highest BCUT2D eigenvalue weighted by atomic mass is 32.2. The second-order valence-corrected chi connectivity index (χ2v) is 38.0. The topological polar surface area (TPSA) is 560 Å². The number of allylic oxidation sites excluding steroid dienone is 1. The number of nitrogens with one attached hydrogen (secondary N) is 7. The van der Waals surface area contributed by atoms with E-state index in [1.165, 1.54) is 120 Å². The molecule has 7 aliphatic heterocycles. The molecule has 145 heavy (non-hydrogen) atoms. The number of hydrogen-bond acceptors (Lipinski definition) is 32. The van der Waals surface area contributed by atoms with Crippen LogP contribution in [-0.2, 0) is 117 Å². The Morgan fingerprint density at radius 3 is 1.05 bits per heavy atom. The van der Waals surface area contributed by atoms with Crippen molar-refractivity contribution < 1.29 is 101 Å². The van der Waals surface area contributed by atoms with Crippen LogP contribution < -0.4 is 70.9 Å². The number of fused-ring (bicyclic) bond motifs is 1. The molecule has 7 atom stereocenters. The molecule has 8 aliphatic rings. The van der Waals surface area contributed by atoms with Gasteiger partial charge in [-0.15, -0.1) is 0 Å². The molecule has 0 spiro atoms. The summed E-state index contributed by atoms with van der Waals surface area (Å²) in [4.78, 5) is 90.5. The third-order valence-corrected chi connectivity index (χ3v) is 28.5. The molecule has 7 N–H and O–H groups in total. The zero-order valence-corrected chi connectivity index (χ0v) is 82.3. The SMILES string of the molecule is COc1cc(-c2cnn(C3=CC(=O)NS3=O)c2)cc(OC)c1OC.COc1ccc(-c2cnn(C3=CC(=O)NS3=O)c2)cc1.COc1ccc(-c2cnn(C3=CC(=O)NS3=O)c2)cn1.COc1cccc(-c2cnn(C3=CC(=O)NS3=O)c2)c1.COc1ccncc1-c1cnn(C2=CC(=O)NS2=O)c1.COc1ncccc1-c1cnn(C2=CC(=O)NS2=O)c1.O=C1C=C(n2cc(C3=Cc4ccccc4C3)cn2)S(=O)N1. The molecule has 0 fully saturated rings. The molecule has 7 unspecified atom stereocenters. The molecule has 10 aromatic heterocycles. The molecule has 17 heterocycles. The van der Waals surface area contributed by atoms with Crippen LogP contribution in [0.15, 0.2) is 269 Å². The minimum atomic E-state index is -1.61. The van der Waals surface area contributed by atoms with Gasteiger partial charge in [0.05, 0.1) is 100 Å². The Morgan fingerprint density at radius 1 is 0.276 bits per heavy atom. The minimum absolute atomic E-state index is 0.277. The van der Waals surface area contributed by atoms with Crippen molar-refractivity contribution in [2.45, 2.75) is 6.42 Å². The molecule has 14 aromatic rings. The van der Waals surface area contributed by atoms with Crippen LogP contribution in [0.2, 0.25) is 0 Å². The van der Waals surface area contributed by atoms with Gasteiger partial charge in [0.1, 0.15) is 17.2 Å². The van der Waals surface area contributed by atoms with Gasteiger partial charge in [0, 0.05) is 172 Å². The summed E-state index contributed by atoms with van der Waals surface area (Å²) in [6.07, 6.45) is 41.9. The standard InChI is InChI=1S/C15H15N3O5S.C15H11N3O2S.2C13H11N3O3S.3C12H10N4O3S/c1-21-11-4-9(5-12(22-2)15(11)23-3)10-7-16-18(8-10)14-6-13(19)17-24(14)20;19-14-7-15(21(20)17-14)18-9-13(8-16-18)12-5-10-3-1-2-4-11(10)6-12;1-19-11-4-2-9(3-5-11)10-7-14-16(8-10)13-6-12(17)15-20(13)18;1-19-11-4-2-3-9(5-11)10-7-14-16(8-10)13-6-12(17)15-20(13)18;1-19-10-2-3-13-6-9(10)8-5-14-16(7-8)12-4-11(17)15-20(12)18;1-19-11-3-2-8(5-13-11)9-6-14-16(7-9)12-4-10(17)15-20(12)18;1-19-12-9(3-2-4-13-12)8-6-14-16(7-8)11-5-10(17)15-20(11)18/h4-8H,1-3H3,(H,17,19);1-5,7-9H,6H2,(H,17,19);2*2-8H,1H3,(H,15,17);3*2-7H,1H3,(H,15,17). The number of methoxy groups -OCH3 is 8. The number of ether oxygens (including phenoxy) is 8. The first-order chi connectivity index (χ1) is 70.1. The van der Waals surface area contributed by atoms with E-state index in [9.17, 15) is 63.0 Å². The van der Waals surface area contributed by atoms with Crippen LogP contribution in [0.1, 0.15) is 16.7 Å². The first-order valence-electron chi connectivity index (χ1n) is 42.0. The summed E-state index contributed by atoms with van der Waals surface area (Å²) in [6, 6.07) is 35.8. The average Bonchev–Trinajstić information content (AvgIpc) is 1.66. The van der Waals surface area contributed by atoms with Crippen molar-refractivity contribution >= 4 is 165 Å². The molecular formula is C92H78N24O22S7. The number of rotatable bonds is 22. The Bertz CT molecular complexity index is 7640. The molecule has 1 aliphatic carbocycles. The lowest BCUT2D eigenvalue weighted by molar-refractivity contribution is -0.115. The van der Waals surface area contributed by atoms with E-state index in [-0.39, 0.29) is 28.7 Å². The molecule has 46 nitrogen and oxygen atoms in total. The van der Waals surface area contributed by atoms with Crippen molar-refractivity contribution in [2.24, 2.45) is 0 Å². The van der Waals surface area contributed by atoms with Crippen molar-refractivity contribution in [3.63, 3.8) is 0 Å². The van der Waals surface area contributed by atoms with Crippen LogP contribution in [-0.4, -0.2) is 211 Å². The van der Waals surface area contributed by atoms with Gasteiger partial charge in [0.25, 0.3) is 41.4 Å². The van der Waals surface area contributed by atoms with Gasteiger partial charge in [-0.2, -0.15) is 35.7 Å². The van der Waals surface area contributed by atoms with E-state index < -0.39 is 94.6 Å². The zero-order chi connectivity index (χ0) is 102. The van der Waals surface area contributed by atoms with E-state index in [1.807, 2.05) is 79.0 Å². The number of pyridine rings is 3. The van der Waals surface area contributed by atoms with Gasteiger partial charge in [-0.1, -0.05) is 54.6 Å². The number of hydrogen-bond donors (Lipinski definition) is 7. The molecule has 740 valence electrons. The van der Waals surface area contributed by atoms with Crippen LogP contribution in [0.25, 0.3) is 114 Å². The first kappa shape index (κ1) is 100. The number of amides is 7. The maximum Gasteiger partial charge on any atom is 0.258 e. The van der Waals surface area contributed by atoms with Gasteiger partial charge in [0.2, 0.25) is 17.5 Å². The van der Waals surface area contributed by atoms with Crippen LogP contribution >= 0.6 is 0 Å². The third-order valence-electron chi connectivity index (χ3n) is 21.0. The number of aromatic nitrogens is 17. The van der Waals surface area contributed by atoms with Crippen LogP contribution in [0.3, 0.4) is 0 Å². The minimum Gasteiger partial charge on any atom is -0.497 e. The summed E-state index contributed by atoms with van der Waals surface area (Å²) in [7, 11) is 1.52. The van der Waals surface area contributed by atoms with E-state index in [4.69, 9.17) is 37.9 Å². The number of benzene rings is 4. The number of nitrogens with zero attached hydrogens (tertiary/aromatic N) is 17. The van der Waals surface area contributed by atoms with Crippen molar-refractivity contribution in [3.8, 4) is 113 Å². The summed E-state index contributed by atoms with van der Waals surface area (Å²) >= 11 is 0.